The van der Waals surface area contributed by atoms with Crippen molar-refractivity contribution < 1.29 is 9.59 Å². The van der Waals surface area contributed by atoms with Crippen molar-refractivity contribution in [2.24, 2.45) is 5.92 Å². The molecule has 0 spiro atoms. The summed E-state index contributed by atoms with van der Waals surface area (Å²) in [6.07, 6.45) is 2.93. The lowest BCUT2D eigenvalue weighted by atomic mass is 9.88. The second-order valence-corrected chi connectivity index (χ2v) is 9.45. The zero-order valence-corrected chi connectivity index (χ0v) is 16.5. The lowest BCUT2D eigenvalue weighted by Gasteiger charge is -2.17. The molecular weight excluding hydrogens is 378 g/mol. The van der Waals surface area contributed by atoms with Crippen LogP contribution in [0.25, 0.3) is 0 Å². The predicted molar refractivity (Wildman–Crippen MR) is 108 cm³/mol. The van der Waals surface area contributed by atoms with E-state index in [4.69, 9.17) is 5.73 Å². The highest BCUT2D eigenvalue weighted by molar-refractivity contribution is 8.00. The Labute approximate surface area is 166 Å². The number of hydrogen-bond acceptors (Lipinski definition) is 6. The van der Waals surface area contributed by atoms with E-state index in [1.807, 2.05) is 12.1 Å². The van der Waals surface area contributed by atoms with Gasteiger partial charge in [0.1, 0.15) is 11.1 Å². The average Bonchev–Trinajstić information content (AvgIpc) is 3.10. The standard InChI is InChI=1S/C20H19N3O2S2/c1-11-5-6-14-15(10-21)20(27-16(14)7-11)23-18(24)9-17(19(23)25)26-13-4-2-3-12(22)8-13/h2-4,8,11,17H,5-7,9,22H2,1H3. The second kappa shape index (κ2) is 7.02. The molecule has 2 N–H and O–H groups in total. The number of fused-ring (bicyclic) bond motifs is 1. The van der Waals surface area contributed by atoms with E-state index >= 15 is 0 Å². The fourth-order valence-electron chi connectivity index (χ4n) is 3.67. The van der Waals surface area contributed by atoms with E-state index in [0.29, 0.717) is 22.2 Å². The van der Waals surface area contributed by atoms with Crippen molar-refractivity contribution in [2.75, 3.05) is 10.6 Å². The van der Waals surface area contributed by atoms with E-state index in [2.05, 4.69) is 13.0 Å². The van der Waals surface area contributed by atoms with Crippen LogP contribution in [0.15, 0.2) is 29.2 Å². The van der Waals surface area contributed by atoms with Crippen LogP contribution in [0.4, 0.5) is 10.7 Å². The molecule has 0 saturated carbocycles. The van der Waals surface area contributed by atoms with E-state index in [1.165, 1.54) is 28.0 Å². The quantitative estimate of drug-likeness (QED) is 0.629. The first kappa shape index (κ1) is 18.1. The van der Waals surface area contributed by atoms with E-state index in [1.54, 1.807) is 12.1 Å². The van der Waals surface area contributed by atoms with Crippen LogP contribution in [0.2, 0.25) is 0 Å². The Bertz CT molecular complexity index is 976. The second-order valence-electron chi connectivity index (χ2n) is 7.09. The maximum atomic E-state index is 13.0. The minimum absolute atomic E-state index is 0.141. The van der Waals surface area contributed by atoms with Gasteiger partial charge in [0, 0.05) is 21.9 Å². The Hall–Kier alpha value is -2.30. The van der Waals surface area contributed by atoms with Gasteiger partial charge in [0.25, 0.3) is 0 Å². The average molecular weight is 398 g/mol. The number of hydrogen-bond donors (Lipinski definition) is 1. The fraction of sp³-hybridized carbons (Fsp3) is 0.350. The van der Waals surface area contributed by atoms with Crippen LogP contribution in [0, 0.1) is 17.2 Å². The molecule has 27 heavy (non-hydrogen) atoms. The number of thiophene rings is 1. The van der Waals surface area contributed by atoms with Crippen molar-refractivity contribution in [3.8, 4) is 6.07 Å². The third-order valence-corrected chi connectivity index (χ3v) is 7.47. The summed E-state index contributed by atoms with van der Waals surface area (Å²) < 4.78 is 0. The van der Waals surface area contributed by atoms with Crippen LogP contribution in [0.1, 0.15) is 35.8 Å². The number of carbonyl (C=O) groups excluding carboxylic acids is 2. The van der Waals surface area contributed by atoms with E-state index in [-0.39, 0.29) is 18.2 Å². The number of nitrogen functional groups attached to an aromatic ring is 1. The summed E-state index contributed by atoms with van der Waals surface area (Å²) in [6, 6.07) is 9.55. The summed E-state index contributed by atoms with van der Waals surface area (Å²) in [5, 5.41) is 9.72. The molecule has 1 aromatic heterocycles. The Morgan fingerprint density at radius 2 is 2.15 bits per heavy atom. The Morgan fingerprint density at radius 1 is 1.33 bits per heavy atom. The number of benzene rings is 1. The van der Waals surface area contributed by atoms with Crippen LogP contribution in [-0.4, -0.2) is 17.1 Å². The first-order valence-corrected chi connectivity index (χ1v) is 10.6. The van der Waals surface area contributed by atoms with E-state index < -0.39 is 5.25 Å². The molecule has 1 aliphatic carbocycles. The minimum atomic E-state index is -0.483. The van der Waals surface area contributed by atoms with Crippen molar-refractivity contribution in [1.82, 2.24) is 0 Å². The smallest absolute Gasteiger partial charge is 0.248 e. The molecule has 4 rings (SSSR count). The van der Waals surface area contributed by atoms with Crippen LogP contribution in [-0.2, 0) is 22.4 Å². The molecule has 2 aromatic rings. The number of rotatable bonds is 3. The summed E-state index contributed by atoms with van der Waals surface area (Å²) >= 11 is 2.79. The molecule has 1 aliphatic heterocycles. The number of imide groups is 1. The molecule has 2 amide bonds. The molecule has 2 unspecified atom stereocenters. The molecule has 2 atom stereocenters. The highest BCUT2D eigenvalue weighted by Crippen LogP contribution is 2.44. The number of nitrogens with zero attached hydrogens (tertiary/aromatic N) is 2. The molecule has 138 valence electrons. The highest BCUT2D eigenvalue weighted by atomic mass is 32.2. The number of amides is 2. The van der Waals surface area contributed by atoms with Gasteiger partial charge in [0.05, 0.1) is 10.8 Å². The van der Waals surface area contributed by atoms with Crippen LogP contribution >= 0.6 is 23.1 Å². The summed E-state index contributed by atoms with van der Waals surface area (Å²) in [5.41, 5.74) is 7.98. The predicted octanol–water partition coefficient (Wildman–Crippen LogP) is 3.75. The monoisotopic (exact) mass is 397 g/mol. The van der Waals surface area contributed by atoms with E-state index in [0.717, 1.165) is 34.6 Å². The normalized spacial score (nSPS) is 22.0. The lowest BCUT2D eigenvalue weighted by molar-refractivity contribution is -0.121. The highest BCUT2D eigenvalue weighted by Gasteiger charge is 2.43. The van der Waals surface area contributed by atoms with E-state index in [9.17, 15) is 14.9 Å². The first-order valence-electron chi connectivity index (χ1n) is 8.91. The maximum Gasteiger partial charge on any atom is 0.248 e. The Morgan fingerprint density at radius 3 is 2.89 bits per heavy atom. The van der Waals surface area contributed by atoms with Gasteiger partial charge in [0.15, 0.2) is 0 Å². The number of nitrogens with two attached hydrogens (primary N) is 1. The van der Waals surface area contributed by atoms with Crippen molar-refractivity contribution >= 4 is 45.6 Å². The molecule has 5 nitrogen and oxygen atoms in total. The maximum absolute atomic E-state index is 13.0. The molecule has 2 heterocycles. The lowest BCUT2D eigenvalue weighted by Crippen LogP contribution is -2.31. The summed E-state index contributed by atoms with van der Waals surface area (Å²) in [7, 11) is 0. The topological polar surface area (TPSA) is 87.2 Å². The first-order chi connectivity index (χ1) is 13.0. The number of anilines is 2. The molecule has 1 saturated heterocycles. The molecular formula is C20H19N3O2S2. The van der Waals surface area contributed by atoms with Crippen LogP contribution in [0.3, 0.4) is 0 Å². The third-order valence-electron chi connectivity index (χ3n) is 5.05. The SMILES string of the molecule is CC1CCc2c(sc(N3C(=O)CC(Sc4cccc(N)c4)C3=O)c2C#N)C1. The van der Waals surface area contributed by atoms with Gasteiger partial charge >= 0.3 is 0 Å². The van der Waals surface area contributed by atoms with Gasteiger partial charge < -0.3 is 5.73 Å². The minimum Gasteiger partial charge on any atom is -0.399 e. The fourth-order valence-corrected chi connectivity index (χ4v) is 6.28. The van der Waals surface area contributed by atoms with Gasteiger partial charge in [-0.2, -0.15) is 5.26 Å². The number of carbonyl (C=O) groups is 2. The molecule has 7 heteroatoms. The molecule has 0 bridgehead atoms. The van der Waals surface area contributed by atoms with Crippen LogP contribution in [0.5, 0.6) is 0 Å². The Balaban J connectivity index is 1.64. The molecule has 0 radical (unpaired) electrons. The third kappa shape index (κ3) is 3.24. The summed E-state index contributed by atoms with van der Waals surface area (Å²) in [5.74, 6) is 0.0903. The van der Waals surface area contributed by atoms with Gasteiger partial charge in [-0.25, -0.2) is 4.90 Å². The van der Waals surface area contributed by atoms with Gasteiger partial charge in [0.2, 0.25) is 11.8 Å². The summed E-state index contributed by atoms with van der Waals surface area (Å²) in [4.78, 5) is 28.9. The summed E-state index contributed by atoms with van der Waals surface area (Å²) in [6.45, 7) is 2.19. The number of nitriles is 1. The van der Waals surface area contributed by atoms with Gasteiger partial charge in [-0.15, -0.1) is 23.1 Å². The number of thioether (sulfide) groups is 1. The van der Waals surface area contributed by atoms with Gasteiger partial charge in [-0.3, -0.25) is 9.59 Å². The molecule has 1 aromatic carbocycles. The van der Waals surface area contributed by atoms with Crippen molar-refractivity contribution in [1.29, 1.82) is 5.26 Å². The van der Waals surface area contributed by atoms with Crippen molar-refractivity contribution in [3.63, 3.8) is 0 Å². The Kier molecular flexibility index (Phi) is 4.70. The van der Waals surface area contributed by atoms with Gasteiger partial charge in [-0.05, 0) is 48.9 Å². The van der Waals surface area contributed by atoms with Crippen LogP contribution < -0.4 is 10.6 Å². The molecule has 2 aliphatic rings. The zero-order valence-electron chi connectivity index (χ0n) is 14.9. The largest absolute Gasteiger partial charge is 0.399 e. The molecule has 1 fully saturated rings. The van der Waals surface area contributed by atoms with Gasteiger partial charge in [-0.1, -0.05) is 13.0 Å². The zero-order chi connectivity index (χ0) is 19.1. The van der Waals surface area contributed by atoms with Crippen molar-refractivity contribution in [3.05, 3.63) is 40.3 Å². The van der Waals surface area contributed by atoms with Crippen molar-refractivity contribution in [2.45, 2.75) is 42.8 Å².